The van der Waals surface area contributed by atoms with Crippen LogP contribution in [0.1, 0.15) is 30.9 Å². The molecule has 0 saturated carbocycles. The Morgan fingerprint density at radius 1 is 1.33 bits per heavy atom. The molecule has 0 spiro atoms. The molecular weight excluding hydrogens is 270 g/mol. The number of rotatable bonds is 7. The number of nitrogens with one attached hydrogen (secondary N) is 1. The molecule has 1 heterocycles. The van der Waals surface area contributed by atoms with E-state index >= 15 is 0 Å². The number of methoxy groups -OCH3 is 1. The number of benzene rings is 1. The van der Waals surface area contributed by atoms with E-state index in [-0.39, 0.29) is 11.9 Å². The molecule has 0 bridgehead atoms. The molecule has 1 aromatic carbocycles. The molecule has 0 aromatic heterocycles. The first kappa shape index (κ1) is 15.8. The number of hydrogen-bond donors (Lipinski definition) is 1. The van der Waals surface area contributed by atoms with Crippen LogP contribution in [0.5, 0.6) is 5.75 Å². The van der Waals surface area contributed by atoms with E-state index < -0.39 is 0 Å². The van der Waals surface area contributed by atoms with Crippen molar-refractivity contribution in [3.63, 3.8) is 0 Å². The zero-order valence-corrected chi connectivity index (χ0v) is 12.5. The van der Waals surface area contributed by atoms with E-state index in [1.165, 1.54) is 0 Å². The van der Waals surface area contributed by atoms with Crippen molar-refractivity contribution < 1.29 is 19.0 Å². The average molecular weight is 293 g/mol. The van der Waals surface area contributed by atoms with Gasteiger partial charge in [0.1, 0.15) is 5.75 Å². The van der Waals surface area contributed by atoms with E-state index in [0.29, 0.717) is 32.8 Å². The first-order chi connectivity index (χ1) is 10.3. The normalized spacial score (nSPS) is 17.5. The lowest BCUT2D eigenvalue weighted by atomic mass is 10.0. The predicted molar refractivity (Wildman–Crippen MR) is 79.4 cm³/mol. The summed E-state index contributed by atoms with van der Waals surface area (Å²) in [7, 11) is 1.63. The second-order valence-corrected chi connectivity index (χ2v) is 5.00. The Balaban J connectivity index is 1.83. The molecule has 1 aromatic rings. The van der Waals surface area contributed by atoms with Crippen molar-refractivity contribution in [1.82, 2.24) is 5.32 Å². The van der Waals surface area contributed by atoms with Gasteiger partial charge in [-0.2, -0.15) is 0 Å². The highest BCUT2D eigenvalue weighted by atomic mass is 16.5. The molecule has 5 nitrogen and oxygen atoms in total. The Bertz CT molecular complexity index is 450. The molecule has 1 atom stereocenters. The van der Waals surface area contributed by atoms with Crippen LogP contribution in [-0.2, 0) is 14.3 Å². The Morgan fingerprint density at radius 3 is 3.05 bits per heavy atom. The third-order valence-electron chi connectivity index (χ3n) is 3.43. The fraction of sp³-hybridized carbons (Fsp3) is 0.562. The second kappa shape index (κ2) is 8.64. The van der Waals surface area contributed by atoms with E-state index in [2.05, 4.69) is 5.32 Å². The maximum Gasteiger partial charge on any atom is 0.222 e. The van der Waals surface area contributed by atoms with Crippen molar-refractivity contribution >= 4 is 5.91 Å². The molecule has 1 amide bonds. The molecule has 0 aliphatic carbocycles. The summed E-state index contributed by atoms with van der Waals surface area (Å²) in [5.41, 5.74) is 1.06. The summed E-state index contributed by atoms with van der Waals surface area (Å²) in [6.45, 7) is 2.18. The van der Waals surface area contributed by atoms with Gasteiger partial charge in [0.05, 0.1) is 32.5 Å². The maximum absolute atomic E-state index is 12.0. The minimum absolute atomic E-state index is 0.00844. The van der Waals surface area contributed by atoms with Crippen LogP contribution in [0.4, 0.5) is 0 Å². The zero-order chi connectivity index (χ0) is 14.9. The summed E-state index contributed by atoms with van der Waals surface area (Å²) in [6.07, 6.45) is 2.19. The molecular formula is C16H23NO4. The maximum atomic E-state index is 12.0. The molecule has 0 saturated heterocycles. The quantitative estimate of drug-likeness (QED) is 0.782. The fourth-order valence-electron chi connectivity index (χ4n) is 2.35. The molecule has 0 radical (unpaired) electrons. The molecule has 1 aliphatic rings. The number of hydrogen-bond acceptors (Lipinski definition) is 4. The van der Waals surface area contributed by atoms with Crippen LogP contribution in [0.25, 0.3) is 0 Å². The SMILES string of the molecule is COCCOCCC(=O)N[C@@H]1CCCOc2ccccc21. The molecule has 2 rings (SSSR count). The zero-order valence-electron chi connectivity index (χ0n) is 12.5. The monoisotopic (exact) mass is 293 g/mol. The standard InChI is InChI=1S/C16H23NO4/c1-19-11-12-20-10-8-16(18)17-14-6-4-9-21-15-7-3-2-5-13(14)15/h2-3,5,7,14H,4,6,8-12H2,1H3,(H,17,18)/t14-/m1/s1. The van der Waals surface area contributed by atoms with Crippen LogP contribution in [-0.4, -0.2) is 39.4 Å². The number of para-hydroxylation sites is 1. The van der Waals surface area contributed by atoms with E-state index in [1.54, 1.807) is 7.11 Å². The van der Waals surface area contributed by atoms with Crippen LogP contribution < -0.4 is 10.1 Å². The van der Waals surface area contributed by atoms with Crippen molar-refractivity contribution in [1.29, 1.82) is 0 Å². The van der Waals surface area contributed by atoms with E-state index in [1.807, 2.05) is 24.3 Å². The van der Waals surface area contributed by atoms with Gasteiger partial charge >= 0.3 is 0 Å². The van der Waals surface area contributed by atoms with Gasteiger partial charge in [0.15, 0.2) is 0 Å². The van der Waals surface area contributed by atoms with Crippen LogP contribution >= 0.6 is 0 Å². The van der Waals surface area contributed by atoms with Crippen molar-refractivity contribution in [2.45, 2.75) is 25.3 Å². The lowest BCUT2D eigenvalue weighted by Gasteiger charge is -2.18. The number of carbonyl (C=O) groups is 1. The average Bonchev–Trinajstić information content (AvgIpc) is 2.70. The van der Waals surface area contributed by atoms with Gasteiger partial charge in [-0.1, -0.05) is 18.2 Å². The number of ether oxygens (including phenoxy) is 3. The summed E-state index contributed by atoms with van der Waals surface area (Å²) >= 11 is 0. The third kappa shape index (κ3) is 5.02. The molecule has 21 heavy (non-hydrogen) atoms. The van der Waals surface area contributed by atoms with Gasteiger partial charge in [0, 0.05) is 19.1 Å². The molecule has 0 fully saturated rings. The highest BCUT2D eigenvalue weighted by Gasteiger charge is 2.20. The van der Waals surface area contributed by atoms with Gasteiger partial charge in [0.25, 0.3) is 0 Å². The van der Waals surface area contributed by atoms with Crippen molar-refractivity contribution in [2.24, 2.45) is 0 Å². The Kier molecular flexibility index (Phi) is 6.50. The summed E-state index contributed by atoms with van der Waals surface area (Å²) in [6, 6.07) is 7.91. The van der Waals surface area contributed by atoms with Gasteiger partial charge in [-0.05, 0) is 18.9 Å². The Hall–Kier alpha value is -1.59. The number of amides is 1. The third-order valence-corrected chi connectivity index (χ3v) is 3.43. The summed E-state index contributed by atoms with van der Waals surface area (Å²) in [5.74, 6) is 0.880. The van der Waals surface area contributed by atoms with Crippen molar-refractivity contribution in [3.05, 3.63) is 29.8 Å². The van der Waals surface area contributed by atoms with Gasteiger partial charge < -0.3 is 19.5 Å². The number of fused-ring (bicyclic) bond motifs is 1. The fourth-order valence-corrected chi connectivity index (χ4v) is 2.35. The van der Waals surface area contributed by atoms with E-state index in [4.69, 9.17) is 14.2 Å². The lowest BCUT2D eigenvalue weighted by Crippen LogP contribution is -2.29. The van der Waals surface area contributed by atoms with Crippen LogP contribution in [0, 0.1) is 0 Å². The minimum Gasteiger partial charge on any atom is -0.493 e. The van der Waals surface area contributed by atoms with Crippen LogP contribution in [0.3, 0.4) is 0 Å². The van der Waals surface area contributed by atoms with Crippen LogP contribution in [0.15, 0.2) is 24.3 Å². The lowest BCUT2D eigenvalue weighted by molar-refractivity contribution is -0.123. The molecule has 5 heteroatoms. The largest absolute Gasteiger partial charge is 0.493 e. The van der Waals surface area contributed by atoms with E-state index in [0.717, 1.165) is 24.2 Å². The van der Waals surface area contributed by atoms with Gasteiger partial charge in [-0.15, -0.1) is 0 Å². The highest BCUT2D eigenvalue weighted by Crippen LogP contribution is 2.31. The smallest absolute Gasteiger partial charge is 0.222 e. The molecule has 1 aliphatic heterocycles. The molecule has 1 N–H and O–H groups in total. The second-order valence-electron chi connectivity index (χ2n) is 5.00. The minimum atomic E-state index is 0.00844. The first-order valence-corrected chi connectivity index (χ1v) is 7.39. The molecule has 0 unspecified atom stereocenters. The van der Waals surface area contributed by atoms with E-state index in [9.17, 15) is 4.79 Å². The first-order valence-electron chi connectivity index (χ1n) is 7.39. The summed E-state index contributed by atoms with van der Waals surface area (Å²) in [5, 5.41) is 3.08. The van der Waals surface area contributed by atoms with Crippen molar-refractivity contribution in [3.8, 4) is 5.75 Å². The molecule has 116 valence electrons. The summed E-state index contributed by atoms with van der Waals surface area (Å²) in [4.78, 5) is 12.0. The Labute approximate surface area is 125 Å². The number of carbonyl (C=O) groups excluding carboxylic acids is 1. The van der Waals surface area contributed by atoms with Gasteiger partial charge in [0.2, 0.25) is 5.91 Å². The summed E-state index contributed by atoms with van der Waals surface area (Å²) < 4.78 is 15.9. The van der Waals surface area contributed by atoms with Gasteiger partial charge in [-0.25, -0.2) is 0 Å². The topological polar surface area (TPSA) is 56.8 Å². The van der Waals surface area contributed by atoms with Crippen molar-refractivity contribution in [2.75, 3.05) is 33.5 Å². The van der Waals surface area contributed by atoms with Crippen LogP contribution in [0.2, 0.25) is 0 Å². The van der Waals surface area contributed by atoms with Gasteiger partial charge in [-0.3, -0.25) is 4.79 Å². The highest BCUT2D eigenvalue weighted by molar-refractivity contribution is 5.76. The Morgan fingerprint density at radius 2 is 2.19 bits per heavy atom. The predicted octanol–water partition coefficient (Wildman–Crippen LogP) is 2.07.